The largest absolute Gasteiger partial charge is 0.497 e. The average Bonchev–Trinajstić information content (AvgIpc) is 3.04. The molecule has 0 aliphatic carbocycles. The Kier molecular flexibility index (Phi) is 3.90. The van der Waals surface area contributed by atoms with Crippen molar-refractivity contribution >= 4 is 0 Å². The molecule has 4 heteroatoms. The molecule has 0 N–H and O–H groups in total. The van der Waals surface area contributed by atoms with Gasteiger partial charge in [0.15, 0.2) is 0 Å². The number of ether oxygens (including phenoxy) is 1. The summed E-state index contributed by atoms with van der Waals surface area (Å²) in [5, 5.41) is 8.28. The van der Waals surface area contributed by atoms with Gasteiger partial charge in [-0.25, -0.2) is 0 Å². The van der Waals surface area contributed by atoms with E-state index in [-0.39, 0.29) is 5.41 Å². The highest BCUT2D eigenvalue weighted by atomic mass is 16.5. The Morgan fingerprint density at radius 3 is 1.70 bits per heavy atom. The van der Waals surface area contributed by atoms with Crippen LogP contribution in [0, 0.1) is 0 Å². The zero-order valence-electron chi connectivity index (χ0n) is 13.8. The molecule has 4 nitrogen and oxygen atoms in total. The molecule has 0 radical (unpaired) electrons. The molecule has 0 spiro atoms. The van der Waals surface area contributed by atoms with Gasteiger partial charge in [-0.1, -0.05) is 32.9 Å². The zero-order chi connectivity index (χ0) is 16.4. The van der Waals surface area contributed by atoms with Crippen LogP contribution >= 0.6 is 0 Å². The van der Waals surface area contributed by atoms with Crippen molar-refractivity contribution in [3.05, 3.63) is 54.1 Å². The Labute approximate surface area is 136 Å². The maximum Gasteiger partial charge on any atom is 0.248 e. The van der Waals surface area contributed by atoms with Crippen LogP contribution in [0.3, 0.4) is 0 Å². The highest BCUT2D eigenvalue weighted by molar-refractivity contribution is 5.59. The Morgan fingerprint density at radius 1 is 0.783 bits per heavy atom. The third kappa shape index (κ3) is 3.26. The minimum Gasteiger partial charge on any atom is -0.497 e. The minimum atomic E-state index is 0.127. The van der Waals surface area contributed by atoms with Crippen LogP contribution in [0.5, 0.6) is 5.75 Å². The van der Waals surface area contributed by atoms with Crippen molar-refractivity contribution in [1.29, 1.82) is 0 Å². The van der Waals surface area contributed by atoms with Crippen LogP contribution in [0.15, 0.2) is 52.9 Å². The van der Waals surface area contributed by atoms with Crippen molar-refractivity contribution in [3.8, 4) is 28.7 Å². The number of benzene rings is 2. The number of methoxy groups -OCH3 is 1. The van der Waals surface area contributed by atoms with E-state index in [0.29, 0.717) is 11.8 Å². The molecule has 1 aromatic heterocycles. The van der Waals surface area contributed by atoms with Crippen LogP contribution in [-0.4, -0.2) is 17.3 Å². The lowest BCUT2D eigenvalue weighted by atomic mass is 9.87. The summed E-state index contributed by atoms with van der Waals surface area (Å²) in [7, 11) is 1.64. The summed E-state index contributed by atoms with van der Waals surface area (Å²) >= 11 is 0. The summed E-state index contributed by atoms with van der Waals surface area (Å²) in [6.45, 7) is 6.57. The predicted octanol–water partition coefficient (Wildman–Crippen LogP) is 4.71. The molecule has 0 fully saturated rings. The van der Waals surface area contributed by atoms with Gasteiger partial charge in [0.25, 0.3) is 0 Å². The SMILES string of the molecule is COc1ccc(-c2nnc(-c3ccc(C(C)(C)C)cc3)o2)cc1. The predicted molar refractivity (Wildman–Crippen MR) is 90.4 cm³/mol. The van der Waals surface area contributed by atoms with Crippen molar-refractivity contribution in [2.75, 3.05) is 7.11 Å². The van der Waals surface area contributed by atoms with Gasteiger partial charge in [0.2, 0.25) is 11.8 Å². The van der Waals surface area contributed by atoms with E-state index in [4.69, 9.17) is 9.15 Å². The van der Waals surface area contributed by atoms with Crippen molar-refractivity contribution in [2.24, 2.45) is 0 Å². The number of nitrogens with zero attached hydrogens (tertiary/aromatic N) is 2. The lowest BCUT2D eigenvalue weighted by Gasteiger charge is -2.18. The summed E-state index contributed by atoms with van der Waals surface area (Å²) in [6.07, 6.45) is 0. The number of hydrogen-bond acceptors (Lipinski definition) is 4. The van der Waals surface area contributed by atoms with Crippen LogP contribution in [0.4, 0.5) is 0 Å². The van der Waals surface area contributed by atoms with Gasteiger partial charge < -0.3 is 9.15 Å². The van der Waals surface area contributed by atoms with E-state index in [1.54, 1.807) is 7.11 Å². The van der Waals surface area contributed by atoms with E-state index in [1.807, 2.05) is 36.4 Å². The molecular formula is C19H20N2O2. The summed E-state index contributed by atoms with van der Waals surface area (Å²) in [5.74, 6) is 1.82. The molecule has 0 unspecified atom stereocenters. The van der Waals surface area contributed by atoms with E-state index >= 15 is 0 Å². The number of aromatic nitrogens is 2. The first-order valence-electron chi connectivity index (χ1n) is 7.56. The van der Waals surface area contributed by atoms with Gasteiger partial charge in [0.05, 0.1) is 7.11 Å². The first-order chi connectivity index (χ1) is 11.0. The molecule has 1 heterocycles. The summed E-state index contributed by atoms with van der Waals surface area (Å²) in [4.78, 5) is 0. The van der Waals surface area contributed by atoms with E-state index < -0.39 is 0 Å². The van der Waals surface area contributed by atoms with E-state index in [2.05, 4.69) is 43.1 Å². The lowest BCUT2D eigenvalue weighted by molar-refractivity contribution is 0.415. The van der Waals surface area contributed by atoms with E-state index in [9.17, 15) is 0 Å². The second-order valence-electron chi connectivity index (χ2n) is 6.47. The fourth-order valence-electron chi connectivity index (χ4n) is 2.30. The normalized spacial score (nSPS) is 11.5. The molecule has 0 aliphatic heterocycles. The molecular weight excluding hydrogens is 288 g/mol. The standard InChI is InChI=1S/C19H20N2O2/c1-19(2,3)15-9-5-13(6-10-15)17-20-21-18(23-17)14-7-11-16(22-4)12-8-14/h5-12H,1-4H3. The quantitative estimate of drug-likeness (QED) is 0.703. The zero-order valence-corrected chi connectivity index (χ0v) is 13.8. The second kappa shape index (κ2) is 5.88. The van der Waals surface area contributed by atoms with Gasteiger partial charge >= 0.3 is 0 Å². The first kappa shape index (κ1) is 15.3. The molecule has 23 heavy (non-hydrogen) atoms. The van der Waals surface area contributed by atoms with Gasteiger partial charge in [-0.05, 0) is 47.4 Å². The summed E-state index contributed by atoms with van der Waals surface area (Å²) in [5.41, 5.74) is 3.19. The topological polar surface area (TPSA) is 48.2 Å². The van der Waals surface area contributed by atoms with Crippen molar-refractivity contribution in [3.63, 3.8) is 0 Å². The van der Waals surface area contributed by atoms with Crippen molar-refractivity contribution < 1.29 is 9.15 Å². The monoisotopic (exact) mass is 308 g/mol. The fourth-order valence-corrected chi connectivity index (χ4v) is 2.30. The maximum absolute atomic E-state index is 5.79. The van der Waals surface area contributed by atoms with Crippen molar-refractivity contribution in [2.45, 2.75) is 26.2 Å². The second-order valence-corrected chi connectivity index (χ2v) is 6.47. The third-order valence-electron chi connectivity index (χ3n) is 3.76. The van der Waals surface area contributed by atoms with Gasteiger partial charge in [0.1, 0.15) is 5.75 Å². The first-order valence-corrected chi connectivity index (χ1v) is 7.56. The highest BCUT2D eigenvalue weighted by Crippen LogP contribution is 2.28. The third-order valence-corrected chi connectivity index (χ3v) is 3.76. The Hall–Kier alpha value is -2.62. The Balaban J connectivity index is 1.86. The van der Waals surface area contributed by atoms with E-state index in [1.165, 1.54) is 5.56 Å². The van der Waals surface area contributed by atoms with Crippen LogP contribution < -0.4 is 4.74 Å². The average molecular weight is 308 g/mol. The molecule has 0 atom stereocenters. The van der Waals surface area contributed by atoms with Crippen LogP contribution in [-0.2, 0) is 5.41 Å². The summed E-state index contributed by atoms with van der Waals surface area (Å²) < 4.78 is 10.9. The van der Waals surface area contributed by atoms with Gasteiger partial charge in [-0.15, -0.1) is 10.2 Å². The van der Waals surface area contributed by atoms with Gasteiger partial charge in [-0.2, -0.15) is 0 Å². The number of rotatable bonds is 3. The molecule has 0 aliphatic rings. The molecule has 2 aromatic carbocycles. The maximum atomic E-state index is 5.79. The molecule has 3 rings (SSSR count). The molecule has 118 valence electrons. The molecule has 3 aromatic rings. The molecule has 0 saturated heterocycles. The molecule has 0 bridgehead atoms. The van der Waals surface area contributed by atoms with Crippen molar-refractivity contribution in [1.82, 2.24) is 10.2 Å². The fraction of sp³-hybridized carbons (Fsp3) is 0.263. The van der Waals surface area contributed by atoms with Gasteiger partial charge in [0, 0.05) is 11.1 Å². The Bertz CT molecular complexity index is 781. The summed E-state index contributed by atoms with van der Waals surface area (Å²) in [6, 6.07) is 15.8. The minimum absolute atomic E-state index is 0.127. The molecule has 0 saturated carbocycles. The van der Waals surface area contributed by atoms with Crippen LogP contribution in [0.25, 0.3) is 22.9 Å². The van der Waals surface area contributed by atoms with E-state index in [0.717, 1.165) is 16.9 Å². The highest BCUT2D eigenvalue weighted by Gasteiger charge is 2.15. The van der Waals surface area contributed by atoms with Crippen LogP contribution in [0.2, 0.25) is 0 Å². The number of hydrogen-bond donors (Lipinski definition) is 0. The lowest BCUT2D eigenvalue weighted by Crippen LogP contribution is -2.10. The van der Waals surface area contributed by atoms with Gasteiger partial charge in [-0.3, -0.25) is 0 Å². The Morgan fingerprint density at radius 2 is 1.26 bits per heavy atom. The smallest absolute Gasteiger partial charge is 0.248 e. The molecule has 0 amide bonds. The van der Waals surface area contributed by atoms with Crippen LogP contribution in [0.1, 0.15) is 26.3 Å².